The molecule has 0 saturated carbocycles. The van der Waals surface area contributed by atoms with Gasteiger partial charge in [-0.05, 0) is 32.3 Å². The zero-order valence-corrected chi connectivity index (χ0v) is 15.9. The molecule has 0 N–H and O–H groups in total. The largest absolute Gasteiger partial charge is 0.338 e. The summed E-state index contributed by atoms with van der Waals surface area (Å²) in [6, 6.07) is 8.29. The molecule has 0 unspecified atom stereocenters. The van der Waals surface area contributed by atoms with Gasteiger partial charge in [0.2, 0.25) is 0 Å². The van der Waals surface area contributed by atoms with Crippen molar-refractivity contribution in [3.8, 4) is 0 Å². The SMILES string of the molecule is Cc1ccc(Cn2nc(C)c(C(=O)N3CCCCCCC3)c2Cl)cc1. The van der Waals surface area contributed by atoms with Gasteiger partial charge >= 0.3 is 0 Å². The molecule has 0 atom stereocenters. The molecule has 2 heterocycles. The van der Waals surface area contributed by atoms with Crippen LogP contribution >= 0.6 is 11.6 Å². The summed E-state index contributed by atoms with van der Waals surface area (Å²) in [5.74, 6) is 0.0274. The van der Waals surface area contributed by atoms with E-state index in [-0.39, 0.29) is 5.91 Å². The molecule has 134 valence electrons. The average Bonchev–Trinajstić information content (AvgIpc) is 2.83. The first kappa shape index (κ1) is 18.0. The van der Waals surface area contributed by atoms with Crippen LogP contribution in [-0.4, -0.2) is 33.7 Å². The second kappa shape index (κ2) is 8.05. The molecule has 0 aliphatic carbocycles. The molecule has 25 heavy (non-hydrogen) atoms. The summed E-state index contributed by atoms with van der Waals surface area (Å²) in [4.78, 5) is 15.0. The summed E-state index contributed by atoms with van der Waals surface area (Å²) in [7, 11) is 0. The highest BCUT2D eigenvalue weighted by molar-refractivity contribution is 6.33. The van der Waals surface area contributed by atoms with E-state index in [9.17, 15) is 4.79 Å². The highest BCUT2D eigenvalue weighted by Crippen LogP contribution is 2.24. The zero-order valence-electron chi connectivity index (χ0n) is 15.1. The lowest BCUT2D eigenvalue weighted by molar-refractivity contribution is 0.0742. The van der Waals surface area contributed by atoms with Gasteiger partial charge in [-0.1, -0.05) is 60.7 Å². The molecular weight excluding hydrogens is 334 g/mol. The van der Waals surface area contributed by atoms with Gasteiger partial charge in [0, 0.05) is 13.1 Å². The van der Waals surface area contributed by atoms with Crippen LogP contribution < -0.4 is 0 Å². The number of amides is 1. The van der Waals surface area contributed by atoms with E-state index in [2.05, 4.69) is 36.3 Å². The Balaban J connectivity index is 1.80. The number of hydrogen-bond acceptors (Lipinski definition) is 2. The van der Waals surface area contributed by atoms with Gasteiger partial charge in [0.15, 0.2) is 0 Å². The second-order valence-electron chi connectivity index (χ2n) is 6.95. The van der Waals surface area contributed by atoms with Crippen molar-refractivity contribution in [2.24, 2.45) is 0 Å². The molecule has 2 aromatic rings. The zero-order chi connectivity index (χ0) is 17.8. The van der Waals surface area contributed by atoms with E-state index in [0.717, 1.165) is 31.5 Å². The molecule has 3 rings (SSSR count). The fourth-order valence-corrected chi connectivity index (χ4v) is 3.69. The van der Waals surface area contributed by atoms with Crippen LogP contribution in [0.25, 0.3) is 0 Å². The Bertz CT molecular complexity index is 728. The Morgan fingerprint density at radius 3 is 2.28 bits per heavy atom. The number of carbonyl (C=O) groups is 1. The number of hydrogen-bond donors (Lipinski definition) is 0. The van der Waals surface area contributed by atoms with Crippen molar-refractivity contribution in [3.05, 3.63) is 51.8 Å². The van der Waals surface area contributed by atoms with E-state index in [4.69, 9.17) is 11.6 Å². The maximum atomic E-state index is 13.0. The lowest BCUT2D eigenvalue weighted by Crippen LogP contribution is -2.34. The standard InChI is InChI=1S/C20H26ClN3O/c1-15-8-10-17(11-9-15)14-24-19(21)18(16(2)22-24)20(25)23-12-6-4-3-5-7-13-23/h8-11H,3-7,12-14H2,1-2H3. The summed E-state index contributed by atoms with van der Waals surface area (Å²) >= 11 is 6.55. The van der Waals surface area contributed by atoms with Gasteiger partial charge < -0.3 is 4.90 Å². The Kier molecular flexibility index (Phi) is 5.79. The van der Waals surface area contributed by atoms with Crippen molar-refractivity contribution < 1.29 is 4.79 Å². The van der Waals surface area contributed by atoms with E-state index < -0.39 is 0 Å². The highest BCUT2D eigenvalue weighted by Gasteiger charge is 2.25. The van der Waals surface area contributed by atoms with Gasteiger partial charge in [0.05, 0.1) is 17.8 Å². The van der Waals surface area contributed by atoms with E-state index in [1.807, 2.05) is 11.8 Å². The number of likely N-dealkylation sites (tertiary alicyclic amines) is 1. The van der Waals surface area contributed by atoms with E-state index in [0.29, 0.717) is 23.0 Å². The number of aromatic nitrogens is 2. The Labute approximate surface area is 154 Å². The first-order valence-corrected chi connectivity index (χ1v) is 9.52. The molecule has 1 aromatic carbocycles. The molecule has 1 aromatic heterocycles. The Hall–Kier alpha value is -1.81. The van der Waals surface area contributed by atoms with Gasteiger partial charge in [-0.15, -0.1) is 0 Å². The van der Waals surface area contributed by atoms with Crippen LogP contribution in [0.1, 0.15) is 59.3 Å². The maximum Gasteiger partial charge on any atom is 0.258 e. The predicted molar refractivity (Wildman–Crippen MR) is 101 cm³/mol. The molecule has 0 radical (unpaired) electrons. The highest BCUT2D eigenvalue weighted by atomic mass is 35.5. The summed E-state index contributed by atoms with van der Waals surface area (Å²) in [6.07, 6.45) is 5.81. The van der Waals surface area contributed by atoms with E-state index in [1.54, 1.807) is 4.68 Å². The van der Waals surface area contributed by atoms with E-state index >= 15 is 0 Å². The molecule has 0 bridgehead atoms. The molecule has 0 spiro atoms. The van der Waals surface area contributed by atoms with Crippen LogP contribution in [-0.2, 0) is 6.54 Å². The number of nitrogens with zero attached hydrogens (tertiary/aromatic N) is 3. The molecule has 1 aliphatic rings. The third-order valence-electron chi connectivity index (χ3n) is 4.88. The number of rotatable bonds is 3. The van der Waals surface area contributed by atoms with Gasteiger partial charge in [-0.25, -0.2) is 4.68 Å². The van der Waals surface area contributed by atoms with Crippen molar-refractivity contribution >= 4 is 17.5 Å². The summed E-state index contributed by atoms with van der Waals surface area (Å²) in [5, 5.41) is 4.97. The quantitative estimate of drug-likeness (QED) is 0.802. The van der Waals surface area contributed by atoms with Gasteiger partial charge in [-0.3, -0.25) is 4.79 Å². The Morgan fingerprint density at radius 1 is 1.04 bits per heavy atom. The van der Waals surface area contributed by atoms with Crippen molar-refractivity contribution in [2.75, 3.05) is 13.1 Å². The Morgan fingerprint density at radius 2 is 1.64 bits per heavy atom. The molecule has 4 nitrogen and oxygen atoms in total. The average molecular weight is 360 g/mol. The molecule has 5 heteroatoms. The minimum absolute atomic E-state index is 0.0274. The predicted octanol–water partition coefficient (Wildman–Crippen LogP) is 4.61. The smallest absolute Gasteiger partial charge is 0.258 e. The first-order chi connectivity index (χ1) is 12.1. The van der Waals surface area contributed by atoms with Gasteiger partial charge in [0.1, 0.15) is 5.15 Å². The summed E-state index contributed by atoms with van der Waals surface area (Å²) in [5.41, 5.74) is 3.62. The number of aryl methyl sites for hydroxylation is 2. The third kappa shape index (κ3) is 4.24. The fraction of sp³-hybridized carbons (Fsp3) is 0.500. The van der Waals surface area contributed by atoms with Crippen LogP contribution in [0.2, 0.25) is 5.15 Å². The topological polar surface area (TPSA) is 38.1 Å². The van der Waals surface area contributed by atoms with Crippen LogP contribution in [0.3, 0.4) is 0 Å². The van der Waals surface area contributed by atoms with Crippen LogP contribution in [0.15, 0.2) is 24.3 Å². The minimum atomic E-state index is 0.0274. The number of carbonyl (C=O) groups excluding carboxylic acids is 1. The lowest BCUT2D eigenvalue weighted by Gasteiger charge is -2.24. The lowest BCUT2D eigenvalue weighted by atomic mass is 10.1. The second-order valence-corrected chi connectivity index (χ2v) is 7.31. The first-order valence-electron chi connectivity index (χ1n) is 9.14. The van der Waals surface area contributed by atoms with Crippen molar-refractivity contribution in [1.29, 1.82) is 0 Å². The number of halogens is 1. The number of benzene rings is 1. The molecule has 1 amide bonds. The monoisotopic (exact) mass is 359 g/mol. The van der Waals surface area contributed by atoms with Crippen molar-refractivity contribution in [2.45, 2.75) is 52.5 Å². The maximum absolute atomic E-state index is 13.0. The summed E-state index contributed by atoms with van der Waals surface area (Å²) < 4.78 is 1.73. The normalized spacial score (nSPS) is 15.7. The molecule has 1 fully saturated rings. The molecular formula is C20H26ClN3O. The van der Waals surface area contributed by atoms with Crippen molar-refractivity contribution in [1.82, 2.24) is 14.7 Å². The van der Waals surface area contributed by atoms with Crippen LogP contribution in [0.4, 0.5) is 0 Å². The minimum Gasteiger partial charge on any atom is -0.338 e. The van der Waals surface area contributed by atoms with E-state index in [1.165, 1.54) is 24.8 Å². The third-order valence-corrected chi connectivity index (χ3v) is 5.26. The van der Waals surface area contributed by atoms with Crippen molar-refractivity contribution in [3.63, 3.8) is 0 Å². The summed E-state index contributed by atoms with van der Waals surface area (Å²) in [6.45, 7) is 6.15. The molecule has 1 saturated heterocycles. The van der Waals surface area contributed by atoms with Gasteiger partial charge in [-0.2, -0.15) is 5.10 Å². The fourth-order valence-electron chi connectivity index (χ4n) is 3.38. The van der Waals surface area contributed by atoms with Crippen LogP contribution in [0, 0.1) is 13.8 Å². The van der Waals surface area contributed by atoms with Crippen LogP contribution in [0.5, 0.6) is 0 Å². The molecule has 1 aliphatic heterocycles. The van der Waals surface area contributed by atoms with Gasteiger partial charge in [0.25, 0.3) is 5.91 Å².